The minimum atomic E-state index is -4.63. The van der Waals surface area contributed by atoms with E-state index in [-0.39, 0.29) is 35.8 Å². The molecule has 0 saturated carbocycles. The number of ether oxygens (including phenoxy) is 3. The Labute approximate surface area is 525 Å². The third-order valence-electron chi connectivity index (χ3n) is 17.8. The van der Waals surface area contributed by atoms with Crippen LogP contribution in [0.15, 0.2) is 126 Å². The zero-order valence-corrected chi connectivity index (χ0v) is 51.1. The van der Waals surface area contributed by atoms with Gasteiger partial charge in [-0.05, 0) is 160 Å². The SMILES string of the molecule is O=C1CCC(N2C(=O)c3cccc(CCCCN4CCC(COc5cccc(-c6ccc(Cl)cc6)c5CN5CCN(c6ccc(C(=O)NS(=O)(=O)c7ccc(NCC8CCOCC8)c([N+](=O)[O-])c7)c(Oc7cnc8[nH]ccc8c7)c6)CC5)CC4)c3C2=O)C(=O)N1. The number of benzene rings is 5. The van der Waals surface area contributed by atoms with Gasteiger partial charge < -0.3 is 34.3 Å². The lowest BCUT2D eigenvalue weighted by molar-refractivity contribution is -0.384. The largest absolute Gasteiger partial charge is 0.493 e. The van der Waals surface area contributed by atoms with Gasteiger partial charge in [-0.1, -0.05) is 48.0 Å². The number of nitro benzene ring substituents is 1. The van der Waals surface area contributed by atoms with Gasteiger partial charge in [0.05, 0.1) is 39.3 Å². The van der Waals surface area contributed by atoms with Crippen LogP contribution in [0.5, 0.6) is 17.2 Å². The fraction of sp³-hybridized carbons (Fsp3) is 0.364. The van der Waals surface area contributed by atoms with Crippen molar-refractivity contribution in [2.75, 3.05) is 82.4 Å². The summed E-state index contributed by atoms with van der Waals surface area (Å²) in [6.07, 6.45) is 9.32. The molecule has 4 saturated heterocycles. The molecule has 0 radical (unpaired) electrons. The number of imide groups is 2. The Hall–Kier alpha value is -8.74. The molecule has 468 valence electrons. The molecule has 4 fully saturated rings. The molecule has 7 aromatic rings. The predicted octanol–water partition coefficient (Wildman–Crippen LogP) is 9.38. The number of aryl methyl sites for hydroxylation is 1. The summed E-state index contributed by atoms with van der Waals surface area (Å²) in [4.78, 5) is 92.3. The van der Waals surface area contributed by atoms with Gasteiger partial charge in [0.2, 0.25) is 11.8 Å². The van der Waals surface area contributed by atoms with Crippen molar-refractivity contribution in [3.05, 3.63) is 165 Å². The number of likely N-dealkylation sites (tertiary alicyclic amines) is 1. The number of carbonyl (C=O) groups excluding carboxylic acids is 5. The third-order valence-corrected chi connectivity index (χ3v) is 19.3. The number of piperazine rings is 1. The first kappa shape index (κ1) is 61.5. The van der Waals surface area contributed by atoms with E-state index in [4.69, 9.17) is 25.8 Å². The van der Waals surface area contributed by atoms with Crippen molar-refractivity contribution in [3.8, 4) is 28.4 Å². The molecule has 22 nitrogen and oxygen atoms in total. The van der Waals surface area contributed by atoms with Gasteiger partial charge in [-0.15, -0.1) is 0 Å². The topological polar surface area (TPSA) is 268 Å². The molecular weight excluding hydrogens is 1190 g/mol. The van der Waals surface area contributed by atoms with E-state index in [2.05, 4.69) is 46.1 Å². The molecule has 5 aliphatic rings. The molecule has 1 unspecified atom stereocenters. The van der Waals surface area contributed by atoms with Gasteiger partial charge in [0.15, 0.2) is 0 Å². The molecular formula is C66H69ClN10O12S. The predicted molar refractivity (Wildman–Crippen MR) is 337 cm³/mol. The highest BCUT2D eigenvalue weighted by atomic mass is 35.5. The maximum absolute atomic E-state index is 14.2. The van der Waals surface area contributed by atoms with Gasteiger partial charge in [-0.2, -0.15) is 0 Å². The van der Waals surface area contributed by atoms with E-state index < -0.39 is 61.1 Å². The van der Waals surface area contributed by atoms with E-state index in [0.717, 1.165) is 108 Å². The number of hydrogen-bond donors (Lipinski definition) is 4. The highest BCUT2D eigenvalue weighted by molar-refractivity contribution is 7.90. The Morgan fingerprint density at radius 2 is 1.58 bits per heavy atom. The third kappa shape index (κ3) is 13.8. The van der Waals surface area contributed by atoms with Crippen LogP contribution in [0.3, 0.4) is 0 Å². The lowest BCUT2D eigenvalue weighted by atomic mass is 9.96. The second-order valence-corrected chi connectivity index (χ2v) is 25.7. The molecule has 1 atom stereocenters. The lowest BCUT2D eigenvalue weighted by Gasteiger charge is -2.37. The highest BCUT2D eigenvalue weighted by Gasteiger charge is 2.45. The molecule has 5 aliphatic heterocycles. The average molecular weight is 1260 g/mol. The minimum Gasteiger partial charge on any atom is -0.493 e. The second-order valence-electron chi connectivity index (χ2n) is 23.6. The van der Waals surface area contributed by atoms with Crippen LogP contribution in [0.4, 0.5) is 17.1 Å². The van der Waals surface area contributed by atoms with Gasteiger partial charge in [-0.25, -0.2) is 18.1 Å². The fourth-order valence-corrected chi connectivity index (χ4v) is 13.8. The number of unbranched alkanes of at least 4 members (excludes halogenated alkanes) is 1. The second kappa shape index (κ2) is 27.2. The zero-order chi connectivity index (χ0) is 62.5. The number of fused-ring (bicyclic) bond motifs is 2. The molecule has 24 heteroatoms. The Bertz CT molecular complexity index is 3990. The van der Waals surface area contributed by atoms with Crippen LogP contribution >= 0.6 is 11.6 Å². The summed E-state index contributed by atoms with van der Waals surface area (Å²) < 4.78 is 48.5. The van der Waals surface area contributed by atoms with Crippen LogP contribution in [0.2, 0.25) is 5.02 Å². The molecule has 7 heterocycles. The lowest BCUT2D eigenvalue weighted by Crippen LogP contribution is -2.54. The summed E-state index contributed by atoms with van der Waals surface area (Å²) >= 11 is 6.38. The number of pyridine rings is 1. The van der Waals surface area contributed by atoms with Crippen molar-refractivity contribution in [3.63, 3.8) is 0 Å². The summed E-state index contributed by atoms with van der Waals surface area (Å²) in [5.41, 5.74) is 5.59. The van der Waals surface area contributed by atoms with Crippen molar-refractivity contribution >= 4 is 79.3 Å². The Morgan fingerprint density at radius 1 is 0.800 bits per heavy atom. The number of halogens is 1. The van der Waals surface area contributed by atoms with Crippen molar-refractivity contribution in [1.29, 1.82) is 0 Å². The number of hydrogen-bond acceptors (Lipinski definition) is 17. The standard InChI is InChI=1S/C66H69ClN10O12S/c67-47-12-10-44(11-13-47)51-7-4-9-58(88-41-43-21-27-73(28-22-43)26-2-1-5-45-6-3-8-53-61(45)66(82)76(65(53)81)56-18-19-60(78)71-64(56)80)54(51)40-74-29-31-75(32-30-74)48-14-16-52(59(36-48)89-49-35-46-20-25-68-62(46)70-39-49)63(79)72-90(85,86)50-15-17-55(57(37-50)77(83)84)69-38-42-23-33-87-34-24-42/h3-4,6-17,20,25,35-37,39,42-43,56,69H,1-2,5,18-19,21-24,26-34,38,40-41H2,(H,68,70)(H,72,79)(H,71,78,80). The minimum absolute atomic E-state index is 0.0694. The van der Waals surface area contributed by atoms with E-state index >= 15 is 0 Å². The summed E-state index contributed by atoms with van der Waals surface area (Å²) in [5, 5.41) is 19.0. The van der Waals surface area contributed by atoms with Crippen LogP contribution in [-0.4, -0.2) is 146 Å². The molecule has 90 heavy (non-hydrogen) atoms. The number of rotatable bonds is 22. The molecule has 0 aliphatic carbocycles. The summed E-state index contributed by atoms with van der Waals surface area (Å²) in [7, 11) is -4.63. The first-order chi connectivity index (χ1) is 43.6. The van der Waals surface area contributed by atoms with Crippen LogP contribution < -0.4 is 29.7 Å². The van der Waals surface area contributed by atoms with E-state index in [1.165, 1.54) is 24.4 Å². The van der Waals surface area contributed by atoms with Crippen LogP contribution in [0.1, 0.15) is 93.6 Å². The Morgan fingerprint density at radius 3 is 2.36 bits per heavy atom. The number of H-pyrrole nitrogens is 1. The van der Waals surface area contributed by atoms with E-state index in [1.54, 1.807) is 36.5 Å². The van der Waals surface area contributed by atoms with Gasteiger partial charge >= 0.3 is 0 Å². The number of nitrogens with zero attached hydrogens (tertiary/aromatic N) is 6. The number of aromatic nitrogens is 2. The summed E-state index contributed by atoms with van der Waals surface area (Å²) in [6.45, 7) is 8.12. The van der Waals surface area contributed by atoms with Gasteiger partial charge in [0.1, 0.15) is 34.6 Å². The van der Waals surface area contributed by atoms with Gasteiger partial charge in [0.25, 0.3) is 33.4 Å². The molecule has 12 rings (SSSR count). The van der Waals surface area contributed by atoms with Crippen LogP contribution in [-0.2, 0) is 37.3 Å². The quantitative estimate of drug-likeness (QED) is 0.0213. The van der Waals surface area contributed by atoms with Crippen LogP contribution in [0, 0.1) is 22.0 Å². The van der Waals surface area contributed by atoms with E-state index in [0.29, 0.717) is 99.0 Å². The van der Waals surface area contributed by atoms with Crippen LogP contribution in [0.25, 0.3) is 22.2 Å². The van der Waals surface area contributed by atoms with Gasteiger partial charge in [-0.3, -0.25) is 49.2 Å². The van der Waals surface area contributed by atoms with Crippen molar-refractivity contribution in [2.45, 2.75) is 75.3 Å². The Balaban J connectivity index is 0.678. The number of nitrogens with one attached hydrogen (secondary N) is 4. The Kier molecular flexibility index (Phi) is 18.6. The number of nitro groups is 1. The first-order valence-electron chi connectivity index (χ1n) is 30.6. The molecule has 4 N–H and O–H groups in total. The maximum atomic E-state index is 14.2. The smallest absolute Gasteiger partial charge is 0.293 e. The normalized spacial score (nSPS) is 18.0. The molecule has 0 bridgehead atoms. The zero-order valence-electron chi connectivity index (χ0n) is 49.5. The van der Waals surface area contributed by atoms with Crippen molar-refractivity contribution < 1.29 is 51.5 Å². The number of piperidine rings is 2. The number of amides is 5. The summed E-state index contributed by atoms with van der Waals surface area (Å²) in [6, 6.07) is 30.4. The van der Waals surface area contributed by atoms with Gasteiger partial charge in [0, 0.05) is 98.9 Å². The number of carbonyl (C=O) groups is 5. The monoisotopic (exact) mass is 1260 g/mol. The molecule has 5 aromatic carbocycles. The van der Waals surface area contributed by atoms with Crippen molar-refractivity contribution in [1.82, 2.24) is 34.7 Å². The molecule has 0 spiro atoms. The molecule has 5 amide bonds. The first-order valence-corrected chi connectivity index (χ1v) is 32.4. The van der Waals surface area contributed by atoms with E-state index in [9.17, 15) is 42.5 Å². The summed E-state index contributed by atoms with van der Waals surface area (Å²) in [5.74, 6) is -1.20. The van der Waals surface area contributed by atoms with E-state index in [1.807, 2.05) is 48.5 Å². The fourth-order valence-electron chi connectivity index (χ4n) is 12.7. The number of aromatic amines is 1. The average Bonchev–Trinajstić information content (AvgIpc) is 1.62. The number of anilines is 2. The number of sulfonamides is 1. The van der Waals surface area contributed by atoms with Crippen molar-refractivity contribution in [2.24, 2.45) is 11.8 Å². The maximum Gasteiger partial charge on any atom is 0.293 e. The molecule has 2 aromatic heterocycles. The highest BCUT2D eigenvalue weighted by Crippen LogP contribution is 2.38.